The summed E-state index contributed by atoms with van der Waals surface area (Å²) in [4.78, 5) is 0. The average Bonchev–Trinajstić information content (AvgIpc) is 2.14. The minimum absolute atomic E-state index is 0.464. The van der Waals surface area contributed by atoms with Gasteiger partial charge in [0.05, 0.1) is 0 Å². The Kier molecular flexibility index (Phi) is 2.62. The summed E-state index contributed by atoms with van der Waals surface area (Å²) in [5.41, 5.74) is 2.85. The topological polar surface area (TPSA) is 29.5 Å². The molecule has 1 N–H and O–H groups in total. The fourth-order valence-electron chi connectivity index (χ4n) is 1.39. The first-order chi connectivity index (χ1) is 6.36. The van der Waals surface area contributed by atoms with Crippen molar-refractivity contribution in [3.63, 3.8) is 0 Å². The smallest absolute Gasteiger partial charge is 0.154 e. The van der Waals surface area contributed by atoms with Crippen LogP contribution in [0.25, 0.3) is 11.1 Å². The van der Waals surface area contributed by atoms with Gasteiger partial charge < -0.3 is 9.84 Å². The van der Waals surface area contributed by atoms with Crippen LogP contribution >= 0.6 is 0 Å². The van der Waals surface area contributed by atoms with Crippen LogP contribution in [-0.2, 0) is 4.74 Å². The molecule has 1 saturated heterocycles. The van der Waals surface area contributed by atoms with Crippen LogP contribution in [0.15, 0.2) is 24.3 Å². The Labute approximate surface area is 78.2 Å². The van der Waals surface area contributed by atoms with Crippen LogP contribution in [0.1, 0.15) is 19.3 Å². The van der Waals surface area contributed by atoms with Crippen molar-refractivity contribution in [3.8, 4) is 11.1 Å². The molecule has 0 spiro atoms. The summed E-state index contributed by atoms with van der Waals surface area (Å²) < 4.78 is 4.83. The number of hydrogen-bond acceptors (Lipinski definition) is 2. The molecule has 2 aliphatic carbocycles. The Balaban J connectivity index is 0.000000101. The van der Waals surface area contributed by atoms with E-state index in [4.69, 9.17) is 9.84 Å². The van der Waals surface area contributed by atoms with Crippen LogP contribution < -0.4 is 0 Å². The Bertz CT molecular complexity index is 239. The fourth-order valence-corrected chi connectivity index (χ4v) is 1.39. The van der Waals surface area contributed by atoms with E-state index in [0.717, 1.165) is 25.9 Å². The van der Waals surface area contributed by atoms with Crippen molar-refractivity contribution in [2.24, 2.45) is 0 Å². The highest BCUT2D eigenvalue weighted by Crippen LogP contribution is 2.29. The van der Waals surface area contributed by atoms with E-state index in [1.165, 1.54) is 11.1 Å². The molecule has 1 aliphatic heterocycles. The first kappa shape index (κ1) is 8.73. The van der Waals surface area contributed by atoms with Gasteiger partial charge >= 0.3 is 0 Å². The molecule has 2 nitrogen and oxygen atoms in total. The van der Waals surface area contributed by atoms with Gasteiger partial charge in [-0.2, -0.15) is 0 Å². The van der Waals surface area contributed by atoms with Crippen LogP contribution in [0.2, 0.25) is 0 Å². The number of fused-ring (bicyclic) bond motifs is 1. The zero-order valence-electron chi connectivity index (χ0n) is 7.57. The maximum absolute atomic E-state index is 8.69. The van der Waals surface area contributed by atoms with Gasteiger partial charge in [-0.3, -0.25) is 0 Å². The van der Waals surface area contributed by atoms with Crippen molar-refractivity contribution in [1.29, 1.82) is 0 Å². The maximum atomic E-state index is 8.69. The number of rotatable bonds is 0. The second-order valence-electron chi connectivity index (χ2n) is 3.40. The first-order valence-corrected chi connectivity index (χ1v) is 4.76. The molecule has 0 radical (unpaired) electrons. The van der Waals surface area contributed by atoms with Gasteiger partial charge in [-0.25, -0.2) is 0 Å². The van der Waals surface area contributed by atoms with Gasteiger partial charge in [-0.1, -0.05) is 24.3 Å². The maximum Gasteiger partial charge on any atom is 0.154 e. The summed E-state index contributed by atoms with van der Waals surface area (Å²) in [6.07, 6.45) is 2.58. The molecule has 0 aromatic heterocycles. The fraction of sp³-hybridized carbons (Fsp3) is 0.455. The lowest BCUT2D eigenvalue weighted by atomic mass is 9.95. The minimum atomic E-state index is -0.464. The van der Waals surface area contributed by atoms with Crippen molar-refractivity contribution in [2.45, 2.75) is 25.6 Å². The largest absolute Gasteiger partial charge is 0.368 e. The number of benzene rings is 1. The van der Waals surface area contributed by atoms with Crippen molar-refractivity contribution < 1.29 is 9.84 Å². The van der Waals surface area contributed by atoms with Gasteiger partial charge in [-0.05, 0) is 30.4 Å². The van der Waals surface area contributed by atoms with Crippen molar-refractivity contribution in [2.75, 3.05) is 6.61 Å². The Morgan fingerprint density at radius 3 is 1.85 bits per heavy atom. The summed E-state index contributed by atoms with van der Waals surface area (Å²) in [6, 6.07) is 8.48. The molecule has 3 aliphatic rings. The molecule has 13 heavy (non-hydrogen) atoms. The van der Waals surface area contributed by atoms with Gasteiger partial charge in [-0.15, -0.1) is 0 Å². The summed E-state index contributed by atoms with van der Waals surface area (Å²) in [5, 5.41) is 8.69. The molecule has 0 bridgehead atoms. The summed E-state index contributed by atoms with van der Waals surface area (Å²) in [5.74, 6) is 0. The highest BCUT2D eigenvalue weighted by atomic mass is 16.6. The van der Waals surface area contributed by atoms with Crippen LogP contribution in [0.5, 0.6) is 0 Å². The molecular weight excluding hydrogens is 164 g/mol. The number of aliphatic hydroxyl groups excluding tert-OH is 1. The van der Waals surface area contributed by atoms with Crippen LogP contribution in [-0.4, -0.2) is 18.0 Å². The Morgan fingerprint density at radius 1 is 1.08 bits per heavy atom. The second-order valence-corrected chi connectivity index (χ2v) is 3.40. The van der Waals surface area contributed by atoms with Crippen LogP contribution in [0, 0.1) is 0 Å². The van der Waals surface area contributed by atoms with Gasteiger partial charge in [0.2, 0.25) is 0 Å². The van der Waals surface area contributed by atoms with E-state index in [1.807, 2.05) is 0 Å². The Morgan fingerprint density at radius 2 is 1.69 bits per heavy atom. The van der Waals surface area contributed by atoms with Gasteiger partial charge in [0.25, 0.3) is 0 Å². The number of hydrogen-bond donors (Lipinski definition) is 1. The molecule has 0 aromatic carbocycles. The van der Waals surface area contributed by atoms with E-state index < -0.39 is 6.29 Å². The third-order valence-corrected chi connectivity index (χ3v) is 2.37. The molecule has 3 rings (SSSR count). The molecule has 0 amide bonds. The standard InChI is InChI=1S/C6H4.C5H10O2/c1-2-6-4-3-5(1)6;6-5-3-1-2-4-7-5/h1-4H;5-6H,1-4H2. The van der Waals surface area contributed by atoms with E-state index in [-0.39, 0.29) is 0 Å². The lowest BCUT2D eigenvalue weighted by Crippen LogP contribution is -2.17. The molecule has 0 aromatic rings. The molecular formula is C11H14O2. The molecule has 2 heteroatoms. The zero-order valence-corrected chi connectivity index (χ0v) is 7.57. The highest BCUT2D eigenvalue weighted by molar-refractivity contribution is 5.75. The average molecular weight is 178 g/mol. The predicted molar refractivity (Wildman–Crippen MR) is 51.2 cm³/mol. The number of ether oxygens (including phenoxy) is 1. The normalized spacial score (nSPS) is 23.0. The lowest BCUT2D eigenvalue weighted by molar-refractivity contribution is -0.123. The monoisotopic (exact) mass is 178 g/mol. The summed E-state index contributed by atoms with van der Waals surface area (Å²) >= 11 is 0. The first-order valence-electron chi connectivity index (χ1n) is 4.76. The number of aliphatic hydroxyl groups is 1. The van der Waals surface area contributed by atoms with E-state index in [1.54, 1.807) is 0 Å². The molecule has 1 unspecified atom stereocenters. The third kappa shape index (κ3) is 2.08. The molecule has 1 fully saturated rings. The van der Waals surface area contributed by atoms with E-state index >= 15 is 0 Å². The Hall–Kier alpha value is -0.860. The van der Waals surface area contributed by atoms with Crippen molar-refractivity contribution >= 4 is 0 Å². The highest BCUT2D eigenvalue weighted by Gasteiger charge is 2.07. The van der Waals surface area contributed by atoms with Gasteiger partial charge in [0.15, 0.2) is 6.29 Å². The van der Waals surface area contributed by atoms with Crippen molar-refractivity contribution in [1.82, 2.24) is 0 Å². The lowest BCUT2D eigenvalue weighted by Gasteiger charge is -2.16. The molecule has 1 atom stereocenters. The second kappa shape index (κ2) is 3.90. The summed E-state index contributed by atoms with van der Waals surface area (Å²) in [7, 11) is 0. The van der Waals surface area contributed by atoms with E-state index in [2.05, 4.69) is 24.3 Å². The third-order valence-electron chi connectivity index (χ3n) is 2.37. The SMILES string of the molecule is OC1CCCCO1.c1cc2ccc1-2. The zero-order chi connectivity index (χ0) is 9.10. The van der Waals surface area contributed by atoms with Crippen LogP contribution in [0.3, 0.4) is 0 Å². The van der Waals surface area contributed by atoms with Gasteiger partial charge in [0, 0.05) is 6.61 Å². The molecule has 0 saturated carbocycles. The summed E-state index contributed by atoms with van der Waals surface area (Å²) in [6.45, 7) is 0.737. The van der Waals surface area contributed by atoms with Crippen LogP contribution in [0.4, 0.5) is 0 Å². The van der Waals surface area contributed by atoms with E-state index in [0.29, 0.717) is 0 Å². The molecule has 1 heterocycles. The quantitative estimate of drug-likeness (QED) is 0.670. The molecule has 70 valence electrons. The van der Waals surface area contributed by atoms with Crippen molar-refractivity contribution in [3.05, 3.63) is 24.3 Å². The van der Waals surface area contributed by atoms with Gasteiger partial charge in [0.1, 0.15) is 0 Å². The van der Waals surface area contributed by atoms with E-state index in [9.17, 15) is 0 Å². The predicted octanol–water partition coefficient (Wildman–Crippen LogP) is 2.17. The minimum Gasteiger partial charge on any atom is -0.368 e.